The highest BCUT2D eigenvalue weighted by molar-refractivity contribution is 9.10. The minimum Gasteiger partial charge on any atom is -0.384 e. The summed E-state index contributed by atoms with van der Waals surface area (Å²) in [6.07, 6.45) is 1.37. The molecule has 4 N–H and O–H groups in total. The number of rotatable bonds is 3. The van der Waals surface area contributed by atoms with Crippen LogP contribution in [0.2, 0.25) is 0 Å². The number of anilines is 1. The molecule has 0 radical (unpaired) electrons. The van der Waals surface area contributed by atoms with Crippen molar-refractivity contribution in [3.63, 3.8) is 0 Å². The summed E-state index contributed by atoms with van der Waals surface area (Å²) in [6, 6.07) is -0.834. The van der Waals surface area contributed by atoms with E-state index in [0.29, 0.717) is 15.9 Å². The van der Waals surface area contributed by atoms with Gasteiger partial charge >= 0.3 is 0 Å². The van der Waals surface area contributed by atoms with Crippen LogP contribution < -0.4 is 11.1 Å². The standard InChI is InChI=1S/C9H11BrF2N4/c1-15-8-6(7(13)14)4(10)3-16(8)5-2-9(5,11)12/h3,5,15H,2H2,1H3,(H3,13,14). The molecule has 0 saturated heterocycles. The van der Waals surface area contributed by atoms with Crippen LogP contribution in [0, 0.1) is 5.41 Å². The number of hydrogen-bond acceptors (Lipinski definition) is 2. The lowest BCUT2D eigenvalue weighted by Gasteiger charge is -2.09. The van der Waals surface area contributed by atoms with Crippen molar-refractivity contribution in [2.75, 3.05) is 12.4 Å². The van der Waals surface area contributed by atoms with E-state index in [1.807, 2.05) is 0 Å². The summed E-state index contributed by atoms with van der Waals surface area (Å²) in [6.45, 7) is 0. The van der Waals surface area contributed by atoms with Gasteiger partial charge in [-0.2, -0.15) is 0 Å². The average molecular weight is 293 g/mol. The molecule has 0 spiro atoms. The summed E-state index contributed by atoms with van der Waals surface area (Å²) in [5.41, 5.74) is 5.83. The third-order valence-electron chi connectivity index (χ3n) is 2.62. The van der Waals surface area contributed by atoms with Gasteiger partial charge in [-0.05, 0) is 15.9 Å². The fourth-order valence-corrected chi connectivity index (χ4v) is 2.37. The van der Waals surface area contributed by atoms with Crippen molar-refractivity contribution >= 4 is 27.6 Å². The number of alkyl halides is 2. The minimum atomic E-state index is -2.65. The predicted octanol–water partition coefficient (Wildman–Crippen LogP) is 2.16. The number of nitrogens with two attached hydrogens (primary N) is 1. The van der Waals surface area contributed by atoms with E-state index in [2.05, 4.69) is 21.2 Å². The summed E-state index contributed by atoms with van der Waals surface area (Å²) in [7, 11) is 1.62. The topological polar surface area (TPSA) is 66.8 Å². The van der Waals surface area contributed by atoms with Crippen molar-refractivity contribution in [1.82, 2.24) is 4.57 Å². The Morgan fingerprint density at radius 1 is 1.75 bits per heavy atom. The van der Waals surface area contributed by atoms with E-state index in [-0.39, 0.29) is 12.3 Å². The van der Waals surface area contributed by atoms with Crippen molar-refractivity contribution in [2.24, 2.45) is 5.73 Å². The molecule has 2 rings (SSSR count). The summed E-state index contributed by atoms with van der Waals surface area (Å²) < 4.78 is 28.0. The zero-order valence-corrected chi connectivity index (χ0v) is 10.1. The van der Waals surface area contributed by atoms with Crippen LogP contribution in [-0.4, -0.2) is 23.4 Å². The van der Waals surface area contributed by atoms with E-state index in [1.54, 1.807) is 7.05 Å². The summed E-state index contributed by atoms with van der Waals surface area (Å²) in [5, 5.41) is 10.2. The van der Waals surface area contributed by atoms with E-state index in [0.717, 1.165) is 0 Å². The second-order valence-corrected chi connectivity index (χ2v) is 4.61. The molecule has 0 amide bonds. The molecule has 1 aliphatic carbocycles. The van der Waals surface area contributed by atoms with Gasteiger partial charge in [0.25, 0.3) is 5.92 Å². The van der Waals surface area contributed by atoms with Crippen molar-refractivity contribution in [3.8, 4) is 0 Å². The Bertz CT molecular complexity index is 455. The van der Waals surface area contributed by atoms with E-state index < -0.39 is 12.0 Å². The lowest BCUT2D eigenvalue weighted by Crippen LogP contribution is -2.14. The Morgan fingerprint density at radius 2 is 2.31 bits per heavy atom. The van der Waals surface area contributed by atoms with Crippen LogP contribution in [0.25, 0.3) is 0 Å². The number of nitrogen functional groups attached to an aromatic ring is 1. The van der Waals surface area contributed by atoms with Gasteiger partial charge in [0.1, 0.15) is 17.7 Å². The maximum Gasteiger partial charge on any atom is 0.270 e. The molecule has 1 unspecified atom stereocenters. The zero-order valence-electron chi connectivity index (χ0n) is 8.52. The fraction of sp³-hybridized carbons (Fsp3) is 0.444. The van der Waals surface area contributed by atoms with Gasteiger partial charge in [-0.1, -0.05) is 0 Å². The molecule has 0 aliphatic heterocycles. The van der Waals surface area contributed by atoms with E-state index in [4.69, 9.17) is 11.1 Å². The van der Waals surface area contributed by atoms with Crippen molar-refractivity contribution in [2.45, 2.75) is 18.4 Å². The maximum atomic E-state index is 13.0. The molecule has 0 bridgehead atoms. The Hall–Kier alpha value is -1.11. The highest BCUT2D eigenvalue weighted by Crippen LogP contribution is 2.54. The van der Waals surface area contributed by atoms with Crippen LogP contribution in [0.4, 0.5) is 14.6 Å². The van der Waals surface area contributed by atoms with Gasteiger partial charge in [-0.15, -0.1) is 0 Å². The molecule has 1 heterocycles. The van der Waals surface area contributed by atoms with Crippen LogP contribution in [-0.2, 0) is 0 Å². The summed E-state index contributed by atoms with van der Waals surface area (Å²) in [4.78, 5) is 0. The van der Waals surface area contributed by atoms with E-state index in [9.17, 15) is 8.78 Å². The van der Waals surface area contributed by atoms with Gasteiger partial charge in [0.05, 0.1) is 5.56 Å². The maximum absolute atomic E-state index is 13.0. The summed E-state index contributed by atoms with van der Waals surface area (Å²) >= 11 is 3.22. The first-order valence-electron chi connectivity index (χ1n) is 4.68. The van der Waals surface area contributed by atoms with Crippen molar-refractivity contribution in [1.29, 1.82) is 5.41 Å². The first-order valence-corrected chi connectivity index (χ1v) is 5.48. The van der Waals surface area contributed by atoms with Gasteiger partial charge < -0.3 is 15.6 Å². The first kappa shape index (κ1) is 11.4. The van der Waals surface area contributed by atoms with Gasteiger partial charge in [-0.25, -0.2) is 8.78 Å². The van der Waals surface area contributed by atoms with Gasteiger partial charge in [-0.3, -0.25) is 5.41 Å². The van der Waals surface area contributed by atoms with Crippen molar-refractivity contribution in [3.05, 3.63) is 16.2 Å². The molecule has 1 aromatic rings. The predicted molar refractivity (Wildman–Crippen MR) is 61.3 cm³/mol. The highest BCUT2D eigenvalue weighted by Gasteiger charge is 2.59. The number of hydrogen-bond donors (Lipinski definition) is 3. The third-order valence-corrected chi connectivity index (χ3v) is 3.22. The molecular weight excluding hydrogens is 282 g/mol. The highest BCUT2D eigenvalue weighted by atomic mass is 79.9. The molecule has 1 aromatic heterocycles. The van der Waals surface area contributed by atoms with E-state index >= 15 is 0 Å². The Kier molecular flexibility index (Phi) is 2.45. The second kappa shape index (κ2) is 3.44. The molecule has 4 nitrogen and oxygen atoms in total. The number of halogens is 3. The molecule has 7 heteroatoms. The van der Waals surface area contributed by atoms with Crippen LogP contribution in [0.15, 0.2) is 10.7 Å². The number of nitrogens with zero attached hydrogens (tertiary/aromatic N) is 1. The zero-order chi connectivity index (χ0) is 12.1. The van der Waals surface area contributed by atoms with Crippen LogP contribution in [0.5, 0.6) is 0 Å². The van der Waals surface area contributed by atoms with Gasteiger partial charge in [0.15, 0.2) is 0 Å². The number of aromatic nitrogens is 1. The van der Waals surface area contributed by atoms with Gasteiger partial charge in [0, 0.05) is 24.1 Å². The number of nitrogens with one attached hydrogen (secondary N) is 2. The molecule has 1 fully saturated rings. The Labute approximate surface area is 99.4 Å². The minimum absolute atomic E-state index is 0.154. The van der Waals surface area contributed by atoms with Crippen molar-refractivity contribution < 1.29 is 8.78 Å². The number of amidine groups is 1. The summed E-state index contributed by atoms with van der Waals surface area (Å²) in [5.74, 6) is -2.36. The van der Waals surface area contributed by atoms with Crippen LogP contribution >= 0.6 is 15.9 Å². The fourth-order valence-electron chi connectivity index (χ4n) is 1.75. The van der Waals surface area contributed by atoms with Crippen LogP contribution in [0.3, 0.4) is 0 Å². The molecule has 1 saturated carbocycles. The third kappa shape index (κ3) is 1.59. The lowest BCUT2D eigenvalue weighted by molar-refractivity contribution is 0.101. The van der Waals surface area contributed by atoms with Gasteiger partial charge in [0.2, 0.25) is 0 Å². The SMILES string of the molecule is CNc1c(C(=N)N)c(Br)cn1C1CC1(F)F. The monoisotopic (exact) mass is 292 g/mol. The quantitative estimate of drug-likeness (QED) is 0.590. The molecule has 0 aromatic carbocycles. The first-order chi connectivity index (χ1) is 7.38. The molecular formula is C9H11BrF2N4. The second-order valence-electron chi connectivity index (χ2n) is 3.75. The molecule has 1 aliphatic rings. The molecule has 1 atom stereocenters. The molecule has 88 valence electrons. The molecule has 16 heavy (non-hydrogen) atoms. The average Bonchev–Trinajstić information content (AvgIpc) is 2.67. The van der Waals surface area contributed by atoms with Crippen LogP contribution in [0.1, 0.15) is 18.0 Å². The smallest absolute Gasteiger partial charge is 0.270 e. The largest absolute Gasteiger partial charge is 0.384 e. The Morgan fingerprint density at radius 3 is 2.69 bits per heavy atom. The normalized spacial score (nSPS) is 21.9. The lowest BCUT2D eigenvalue weighted by atomic mass is 10.3. The van der Waals surface area contributed by atoms with E-state index in [1.165, 1.54) is 10.8 Å². The Balaban J connectivity index is 2.48.